The fourth-order valence-corrected chi connectivity index (χ4v) is 5.38. The molecule has 2 aromatic carbocycles. The third-order valence-corrected chi connectivity index (χ3v) is 7.22. The van der Waals surface area contributed by atoms with Gasteiger partial charge in [-0.05, 0) is 113 Å². The second-order valence-electron chi connectivity index (χ2n) is 8.95. The largest absolute Gasteiger partial charge is 0.372 e. The highest BCUT2D eigenvalue weighted by Crippen LogP contribution is 2.42. The highest BCUT2D eigenvalue weighted by atomic mass is 15.1. The van der Waals surface area contributed by atoms with Crippen molar-refractivity contribution < 1.29 is 0 Å². The van der Waals surface area contributed by atoms with Crippen molar-refractivity contribution in [3.63, 3.8) is 0 Å². The molecule has 2 heteroatoms. The summed E-state index contributed by atoms with van der Waals surface area (Å²) in [4.78, 5) is 4.89. The van der Waals surface area contributed by atoms with E-state index >= 15 is 0 Å². The summed E-state index contributed by atoms with van der Waals surface area (Å²) in [5.41, 5.74) is 8.57. The Kier molecular flexibility index (Phi) is 8.23. The molecule has 3 rings (SSSR count). The molecule has 1 aliphatic carbocycles. The Bertz CT molecular complexity index is 813. The highest BCUT2D eigenvalue weighted by Gasteiger charge is 2.28. The number of allylic oxidation sites excluding steroid dienone is 2. The monoisotopic (exact) mass is 418 g/mol. The molecule has 1 atom stereocenters. The summed E-state index contributed by atoms with van der Waals surface area (Å²) >= 11 is 0. The van der Waals surface area contributed by atoms with E-state index in [2.05, 4.69) is 99.9 Å². The second kappa shape index (κ2) is 10.9. The van der Waals surface area contributed by atoms with E-state index in [0.717, 1.165) is 26.2 Å². The van der Waals surface area contributed by atoms with Gasteiger partial charge in [-0.3, -0.25) is 0 Å². The Morgan fingerprint density at radius 3 is 1.58 bits per heavy atom. The highest BCUT2D eigenvalue weighted by molar-refractivity contribution is 5.56. The predicted molar refractivity (Wildman–Crippen MR) is 138 cm³/mol. The van der Waals surface area contributed by atoms with Crippen molar-refractivity contribution in [2.45, 2.75) is 66.7 Å². The smallest absolute Gasteiger partial charge is 0.0368 e. The van der Waals surface area contributed by atoms with Gasteiger partial charge in [-0.2, -0.15) is 0 Å². The quantitative estimate of drug-likeness (QED) is 0.389. The number of rotatable bonds is 9. The van der Waals surface area contributed by atoms with Gasteiger partial charge in [0.2, 0.25) is 0 Å². The van der Waals surface area contributed by atoms with Crippen LogP contribution in [0.5, 0.6) is 0 Å². The average Bonchev–Trinajstić information content (AvgIpc) is 2.79. The van der Waals surface area contributed by atoms with Crippen LogP contribution in [0.3, 0.4) is 0 Å². The zero-order valence-electron chi connectivity index (χ0n) is 20.6. The molecule has 0 aliphatic heterocycles. The molecule has 0 N–H and O–H groups in total. The Morgan fingerprint density at radius 1 is 0.742 bits per heavy atom. The summed E-state index contributed by atoms with van der Waals surface area (Å²) < 4.78 is 0. The molecule has 0 amide bonds. The maximum absolute atomic E-state index is 2.44. The molecular formula is C29H42N2. The van der Waals surface area contributed by atoms with Crippen molar-refractivity contribution in [1.29, 1.82) is 0 Å². The summed E-state index contributed by atoms with van der Waals surface area (Å²) in [7, 11) is 0. The zero-order valence-corrected chi connectivity index (χ0v) is 20.6. The van der Waals surface area contributed by atoms with Gasteiger partial charge in [0, 0.05) is 43.5 Å². The minimum absolute atomic E-state index is 0.460. The predicted octanol–water partition coefficient (Wildman–Crippen LogP) is 7.48. The van der Waals surface area contributed by atoms with Crippen LogP contribution in [0.1, 0.15) is 75.1 Å². The van der Waals surface area contributed by atoms with Crippen molar-refractivity contribution in [1.82, 2.24) is 0 Å². The molecule has 0 spiro atoms. The molecule has 2 nitrogen and oxygen atoms in total. The Labute approximate surface area is 191 Å². The lowest BCUT2D eigenvalue weighted by atomic mass is 9.73. The van der Waals surface area contributed by atoms with E-state index < -0.39 is 0 Å². The van der Waals surface area contributed by atoms with Crippen molar-refractivity contribution in [3.05, 3.63) is 70.8 Å². The topological polar surface area (TPSA) is 6.48 Å². The lowest BCUT2D eigenvalue weighted by Crippen LogP contribution is -2.23. The summed E-state index contributed by atoms with van der Waals surface area (Å²) in [6.45, 7) is 17.8. The Balaban J connectivity index is 2.05. The van der Waals surface area contributed by atoms with E-state index in [1.807, 2.05) is 0 Å². The number of anilines is 2. The lowest BCUT2D eigenvalue weighted by Gasteiger charge is -2.33. The number of hydrogen-bond acceptors (Lipinski definition) is 2. The first-order valence-corrected chi connectivity index (χ1v) is 12.4. The van der Waals surface area contributed by atoms with Gasteiger partial charge in [0.15, 0.2) is 0 Å². The molecule has 0 bridgehead atoms. The van der Waals surface area contributed by atoms with Gasteiger partial charge in [-0.1, -0.05) is 24.3 Å². The first-order valence-electron chi connectivity index (χ1n) is 12.4. The van der Waals surface area contributed by atoms with Gasteiger partial charge in [-0.25, -0.2) is 0 Å². The maximum atomic E-state index is 2.44. The number of aryl methyl sites for hydroxylation is 2. The molecule has 1 aliphatic rings. The standard InChI is InChI=1S/C29H42N2/c1-7-30(8-2)25-16-18-27(22(5)20-25)29(24-14-12-11-13-15-24)28-19-17-26(21-23(28)6)31(9-3)10-4/h11-12,16-21,24,29H,7-10,13-15H2,1-6H3. The molecule has 168 valence electrons. The summed E-state index contributed by atoms with van der Waals surface area (Å²) in [5, 5.41) is 0. The minimum atomic E-state index is 0.460. The molecule has 0 aromatic heterocycles. The zero-order chi connectivity index (χ0) is 22.4. The maximum Gasteiger partial charge on any atom is 0.0368 e. The number of nitrogens with zero attached hydrogens (tertiary/aromatic N) is 2. The fourth-order valence-electron chi connectivity index (χ4n) is 5.38. The van der Waals surface area contributed by atoms with E-state index in [1.165, 1.54) is 52.9 Å². The normalized spacial score (nSPS) is 16.0. The average molecular weight is 419 g/mol. The van der Waals surface area contributed by atoms with E-state index in [4.69, 9.17) is 0 Å². The van der Waals surface area contributed by atoms with E-state index in [1.54, 1.807) is 0 Å². The minimum Gasteiger partial charge on any atom is -0.372 e. The number of benzene rings is 2. The molecule has 0 saturated carbocycles. The van der Waals surface area contributed by atoms with Crippen LogP contribution in [0, 0.1) is 19.8 Å². The van der Waals surface area contributed by atoms with Crippen LogP contribution < -0.4 is 9.80 Å². The first kappa shape index (κ1) is 23.4. The van der Waals surface area contributed by atoms with Gasteiger partial charge in [0.1, 0.15) is 0 Å². The molecule has 0 saturated heterocycles. The van der Waals surface area contributed by atoms with Crippen LogP contribution in [-0.4, -0.2) is 26.2 Å². The second-order valence-corrected chi connectivity index (χ2v) is 8.95. The van der Waals surface area contributed by atoms with Gasteiger partial charge in [0.25, 0.3) is 0 Å². The van der Waals surface area contributed by atoms with E-state index in [9.17, 15) is 0 Å². The molecule has 0 radical (unpaired) electrons. The van der Waals surface area contributed by atoms with Crippen molar-refractivity contribution in [3.8, 4) is 0 Å². The van der Waals surface area contributed by atoms with Gasteiger partial charge in [-0.15, -0.1) is 0 Å². The summed E-state index contributed by atoms with van der Waals surface area (Å²) in [6.07, 6.45) is 8.42. The lowest BCUT2D eigenvalue weighted by molar-refractivity contribution is 0.426. The molecule has 0 heterocycles. The van der Waals surface area contributed by atoms with Gasteiger partial charge in [0.05, 0.1) is 0 Å². The Hall–Kier alpha value is -2.22. The number of hydrogen-bond donors (Lipinski definition) is 0. The summed E-state index contributed by atoms with van der Waals surface area (Å²) in [5.74, 6) is 1.13. The SMILES string of the molecule is CCN(CC)c1ccc(C(c2ccc(N(CC)CC)cc2C)C2CC=CCC2)c(C)c1. The van der Waals surface area contributed by atoms with Crippen LogP contribution in [0.4, 0.5) is 11.4 Å². The van der Waals surface area contributed by atoms with Gasteiger partial charge < -0.3 is 9.80 Å². The first-order chi connectivity index (χ1) is 15.0. The third kappa shape index (κ3) is 5.17. The van der Waals surface area contributed by atoms with Crippen LogP contribution >= 0.6 is 0 Å². The summed E-state index contributed by atoms with van der Waals surface area (Å²) in [6, 6.07) is 14.4. The fraction of sp³-hybridized carbons (Fsp3) is 0.517. The van der Waals surface area contributed by atoms with E-state index in [0.29, 0.717) is 11.8 Å². The van der Waals surface area contributed by atoms with Crippen molar-refractivity contribution >= 4 is 11.4 Å². The Morgan fingerprint density at radius 2 is 1.23 bits per heavy atom. The van der Waals surface area contributed by atoms with Crippen LogP contribution in [0.15, 0.2) is 48.6 Å². The van der Waals surface area contributed by atoms with Crippen LogP contribution in [0.2, 0.25) is 0 Å². The third-order valence-electron chi connectivity index (χ3n) is 7.22. The van der Waals surface area contributed by atoms with Crippen molar-refractivity contribution in [2.24, 2.45) is 5.92 Å². The molecule has 1 unspecified atom stereocenters. The molecule has 0 fully saturated rings. The molecule has 31 heavy (non-hydrogen) atoms. The van der Waals surface area contributed by atoms with Crippen molar-refractivity contribution in [2.75, 3.05) is 36.0 Å². The van der Waals surface area contributed by atoms with Crippen LogP contribution in [0.25, 0.3) is 0 Å². The van der Waals surface area contributed by atoms with Crippen LogP contribution in [-0.2, 0) is 0 Å². The van der Waals surface area contributed by atoms with Gasteiger partial charge >= 0.3 is 0 Å². The van der Waals surface area contributed by atoms with E-state index in [-0.39, 0.29) is 0 Å². The molecular weight excluding hydrogens is 376 g/mol. The molecule has 2 aromatic rings.